The topological polar surface area (TPSA) is 63.2 Å². The molecule has 1 aromatic rings. The highest BCUT2D eigenvalue weighted by Crippen LogP contribution is 2.39. The SMILES string of the molecule is CC1CC(NC(=O)C(C)(C)S(=O)(=O)c2ccc(Cl)cc2)CC(C)(C)C1. The molecule has 0 aliphatic heterocycles. The monoisotopic (exact) mass is 385 g/mol. The van der Waals surface area contributed by atoms with Gasteiger partial charge in [-0.25, -0.2) is 8.42 Å². The fourth-order valence-electron chi connectivity index (χ4n) is 3.85. The Hall–Kier alpha value is -1.07. The van der Waals surface area contributed by atoms with E-state index in [1.807, 2.05) is 0 Å². The van der Waals surface area contributed by atoms with Crippen LogP contribution < -0.4 is 5.32 Å². The highest BCUT2D eigenvalue weighted by atomic mass is 35.5. The van der Waals surface area contributed by atoms with E-state index in [4.69, 9.17) is 11.6 Å². The van der Waals surface area contributed by atoms with E-state index >= 15 is 0 Å². The maximum atomic E-state index is 12.9. The first-order valence-electron chi connectivity index (χ1n) is 8.66. The van der Waals surface area contributed by atoms with E-state index in [9.17, 15) is 13.2 Å². The van der Waals surface area contributed by atoms with Crippen molar-refractivity contribution >= 4 is 27.3 Å². The average molecular weight is 386 g/mol. The number of amides is 1. The van der Waals surface area contributed by atoms with E-state index in [0.717, 1.165) is 19.3 Å². The summed E-state index contributed by atoms with van der Waals surface area (Å²) in [6, 6.07) is 5.93. The van der Waals surface area contributed by atoms with Crippen molar-refractivity contribution in [3.05, 3.63) is 29.3 Å². The highest BCUT2D eigenvalue weighted by Gasteiger charge is 2.44. The van der Waals surface area contributed by atoms with Gasteiger partial charge in [0.15, 0.2) is 9.84 Å². The third kappa shape index (κ3) is 4.37. The third-order valence-corrected chi connectivity index (χ3v) is 7.74. The second-order valence-corrected chi connectivity index (χ2v) is 11.5. The molecule has 0 aromatic heterocycles. The van der Waals surface area contributed by atoms with E-state index in [0.29, 0.717) is 10.9 Å². The number of benzene rings is 1. The molecule has 1 aromatic carbocycles. The summed E-state index contributed by atoms with van der Waals surface area (Å²) in [7, 11) is -3.82. The Labute approximate surface area is 156 Å². The summed E-state index contributed by atoms with van der Waals surface area (Å²) in [5.41, 5.74) is 0.148. The Morgan fingerprint density at radius 1 is 1.20 bits per heavy atom. The van der Waals surface area contributed by atoms with Crippen LogP contribution in [-0.4, -0.2) is 25.1 Å². The molecule has 2 unspecified atom stereocenters. The van der Waals surface area contributed by atoms with Gasteiger partial charge in [0, 0.05) is 11.1 Å². The Morgan fingerprint density at radius 2 is 1.76 bits per heavy atom. The summed E-state index contributed by atoms with van der Waals surface area (Å²) in [5, 5.41) is 3.45. The van der Waals surface area contributed by atoms with Crippen LogP contribution in [0.5, 0.6) is 0 Å². The number of hydrogen-bond acceptors (Lipinski definition) is 3. The maximum Gasteiger partial charge on any atom is 0.241 e. The van der Waals surface area contributed by atoms with Crippen molar-refractivity contribution in [2.75, 3.05) is 0 Å². The van der Waals surface area contributed by atoms with Crippen LogP contribution in [0.25, 0.3) is 0 Å². The Bertz CT molecular complexity index is 738. The zero-order chi connectivity index (χ0) is 19.0. The van der Waals surface area contributed by atoms with Gasteiger partial charge < -0.3 is 5.32 Å². The van der Waals surface area contributed by atoms with Crippen LogP contribution in [0.4, 0.5) is 0 Å². The zero-order valence-electron chi connectivity index (χ0n) is 15.6. The fourth-order valence-corrected chi connectivity index (χ4v) is 5.36. The van der Waals surface area contributed by atoms with E-state index in [-0.39, 0.29) is 16.4 Å². The smallest absolute Gasteiger partial charge is 0.241 e. The number of carbonyl (C=O) groups excluding carboxylic acids is 1. The van der Waals surface area contributed by atoms with E-state index in [1.165, 1.54) is 38.1 Å². The lowest BCUT2D eigenvalue weighted by atomic mass is 9.70. The van der Waals surface area contributed by atoms with Crippen LogP contribution in [0.2, 0.25) is 5.02 Å². The van der Waals surface area contributed by atoms with Gasteiger partial charge in [-0.2, -0.15) is 0 Å². The maximum absolute atomic E-state index is 12.9. The quantitative estimate of drug-likeness (QED) is 0.843. The molecule has 0 bridgehead atoms. The molecular formula is C19H28ClNO3S. The molecule has 0 radical (unpaired) electrons. The molecular weight excluding hydrogens is 358 g/mol. The van der Waals surface area contributed by atoms with Crippen LogP contribution in [0.15, 0.2) is 29.2 Å². The number of sulfone groups is 1. The Kier molecular flexibility index (Phi) is 5.60. The van der Waals surface area contributed by atoms with Crippen LogP contribution in [0.3, 0.4) is 0 Å². The third-order valence-electron chi connectivity index (χ3n) is 5.06. The van der Waals surface area contributed by atoms with Crippen LogP contribution >= 0.6 is 11.6 Å². The Morgan fingerprint density at radius 3 is 2.28 bits per heavy atom. The van der Waals surface area contributed by atoms with Gasteiger partial charge in [0.05, 0.1) is 4.90 Å². The summed E-state index contributed by atoms with van der Waals surface area (Å²) in [6.45, 7) is 9.48. The lowest BCUT2D eigenvalue weighted by molar-refractivity contribution is -0.124. The van der Waals surface area contributed by atoms with Crippen molar-refractivity contribution in [1.29, 1.82) is 0 Å². The molecule has 0 heterocycles. The summed E-state index contributed by atoms with van der Waals surface area (Å²) >= 11 is 5.83. The Balaban J connectivity index is 2.20. The predicted molar refractivity (Wildman–Crippen MR) is 101 cm³/mol. The molecule has 1 aliphatic rings. The molecule has 0 spiro atoms. The molecule has 1 N–H and O–H groups in total. The second-order valence-electron chi connectivity index (χ2n) is 8.55. The fraction of sp³-hybridized carbons (Fsp3) is 0.632. The molecule has 4 nitrogen and oxygen atoms in total. The average Bonchev–Trinajstić information content (AvgIpc) is 2.45. The van der Waals surface area contributed by atoms with Gasteiger partial charge in [-0.3, -0.25) is 4.79 Å². The minimum atomic E-state index is -3.82. The van der Waals surface area contributed by atoms with Crippen molar-refractivity contribution < 1.29 is 13.2 Å². The minimum Gasteiger partial charge on any atom is -0.352 e. The molecule has 2 rings (SSSR count). The largest absolute Gasteiger partial charge is 0.352 e. The molecule has 140 valence electrons. The van der Waals surface area contributed by atoms with Gasteiger partial charge in [-0.05, 0) is 68.7 Å². The van der Waals surface area contributed by atoms with Crippen molar-refractivity contribution in [1.82, 2.24) is 5.32 Å². The van der Waals surface area contributed by atoms with Crippen LogP contribution in [0, 0.1) is 11.3 Å². The summed E-state index contributed by atoms with van der Waals surface area (Å²) < 4.78 is 24.3. The number of carbonyl (C=O) groups is 1. The molecule has 25 heavy (non-hydrogen) atoms. The zero-order valence-corrected chi connectivity index (χ0v) is 17.2. The van der Waals surface area contributed by atoms with Gasteiger partial charge in [0.25, 0.3) is 0 Å². The first-order chi connectivity index (χ1) is 11.3. The summed E-state index contributed by atoms with van der Waals surface area (Å²) in [6.07, 6.45) is 2.86. The number of halogens is 1. The van der Waals surface area contributed by atoms with Crippen LogP contribution in [0.1, 0.15) is 53.9 Å². The molecule has 2 atom stereocenters. The molecule has 6 heteroatoms. The lowest BCUT2D eigenvalue weighted by Crippen LogP contribution is -2.53. The molecule has 1 aliphatic carbocycles. The predicted octanol–water partition coefficient (Wildman–Crippen LogP) is 4.22. The van der Waals surface area contributed by atoms with Gasteiger partial charge in [0.2, 0.25) is 5.91 Å². The van der Waals surface area contributed by atoms with E-state index in [2.05, 4.69) is 26.1 Å². The summed E-state index contributed by atoms with van der Waals surface area (Å²) in [4.78, 5) is 12.9. The van der Waals surface area contributed by atoms with E-state index < -0.39 is 20.5 Å². The van der Waals surface area contributed by atoms with Crippen molar-refractivity contribution in [3.8, 4) is 0 Å². The van der Waals surface area contributed by atoms with Gasteiger partial charge in [-0.1, -0.05) is 32.4 Å². The first-order valence-corrected chi connectivity index (χ1v) is 10.5. The number of rotatable bonds is 4. The van der Waals surface area contributed by atoms with Gasteiger partial charge in [-0.15, -0.1) is 0 Å². The van der Waals surface area contributed by atoms with Crippen LogP contribution in [-0.2, 0) is 14.6 Å². The van der Waals surface area contributed by atoms with E-state index in [1.54, 1.807) is 0 Å². The van der Waals surface area contributed by atoms with Crippen molar-refractivity contribution in [3.63, 3.8) is 0 Å². The first kappa shape index (κ1) is 20.2. The standard InChI is InChI=1S/C19H28ClNO3S/c1-13-10-15(12-18(2,3)11-13)21-17(22)19(4,5)25(23,24)16-8-6-14(20)7-9-16/h6-9,13,15H,10-12H2,1-5H3,(H,21,22). The number of hydrogen-bond donors (Lipinski definition) is 1. The molecule has 1 amide bonds. The minimum absolute atomic E-state index is 0.00550. The lowest BCUT2D eigenvalue weighted by Gasteiger charge is -2.40. The number of nitrogens with one attached hydrogen (secondary N) is 1. The highest BCUT2D eigenvalue weighted by molar-refractivity contribution is 7.93. The van der Waals surface area contributed by atoms with Gasteiger partial charge >= 0.3 is 0 Å². The normalized spacial score (nSPS) is 23.9. The van der Waals surface area contributed by atoms with Gasteiger partial charge in [0.1, 0.15) is 4.75 Å². The molecule has 0 saturated heterocycles. The van der Waals surface area contributed by atoms with Crippen molar-refractivity contribution in [2.24, 2.45) is 11.3 Å². The second kappa shape index (κ2) is 6.92. The van der Waals surface area contributed by atoms with Crippen molar-refractivity contribution in [2.45, 2.75) is 69.6 Å². The summed E-state index contributed by atoms with van der Waals surface area (Å²) in [5.74, 6) is 0.0578. The molecule has 1 saturated carbocycles. The molecule has 1 fully saturated rings.